The average Bonchev–Trinajstić information content (AvgIpc) is 2.61. The highest BCUT2D eigenvalue weighted by molar-refractivity contribution is 7.99. The van der Waals surface area contributed by atoms with Crippen LogP contribution in [0.15, 0.2) is 0 Å². The van der Waals surface area contributed by atoms with Gasteiger partial charge < -0.3 is 5.11 Å². The highest BCUT2D eigenvalue weighted by atomic mass is 32.2. The van der Waals surface area contributed by atoms with Gasteiger partial charge in [-0.05, 0) is 5.75 Å². The van der Waals surface area contributed by atoms with Crippen molar-refractivity contribution in [3.63, 3.8) is 0 Å². The normalized spacial score (nSPS) is 11.8. The highest BCUT2D eigenvalue weighted by Crippen LogP contribution is 2.24. The quantitative estimate of drug-likeness (QED) is 0.817. The zero-order chi connectivity index (χ0) is 13.1. The molecule has 1 heterocycles. The smallest absolute Gasteiger partial charge is 0.358 e. The first-order valence-corrected chi connectivity index (χ1v) is 6.78. The third-order valence-corrected chi connectivity index (χ3v) is 3.18. The largest absolute Gasteiger partial charge is 0.476 e. The van der Waals surface area contributed by atoms with Gasteiger partial charge in [-0.25, -0.2) is 9.48 Å². The van der Waals surface area contributed by atoms with Crippen molar-refractivity contribution in [1.29, 1.82) is 0 Å². The van der Waals surface area contributed by atoms with E-state index in [4.69, 9.17) is 5.11 Å². The molecule has 0 saturated carbocycles. The lowest BCUT2D eigenvalue weighted by atomic mass is 9.90. The molecule has 1 aromatic heterocycles. The number of carboxylic acids is 1. The summed E-state index contributed by atoms with van der Waals surface area (Å²) in [7, 11) is 0. The number of aryl methyl sites for hydroxylation is 1. The van der Waals surface area contributed by atoms with E-state index < -0.39 is 5.97 Å². The molecule has 0 fully saturated rings. The average molecular weight is 257 g/mol. The second-order valence-electron chi connectivity index (χ2n) is 4.76. The molecule has 96 valence electrons. The van der Waals surface area contributed by atoms with Gasteiger partial charge in [-0.3, -0.25) is 0 Å². The second-order valence-corrected chi connectivity index (χ2v) is 6.16. The molecule has 0 atom stereocenters. The van der Waals surface area contributed by atoms with Crippen LogP contribution in [0.25, 0.3) is 0 Å². The van der Waals surface area contributed by atoms with E-state index in [9.17, 15) is 4.79 Å². The molecule has 1 aromatic rings. The zero-order valence-corrected chi connectivity index (χ0v) is 11.5. The van der Waals surface area contributed by atoms with Gasteiger partial charge in [-0.2, -0.15) is 11.8 Å². The van der Waals surface area contributed by atoms with Crippen molar-refractivity contribution in [3.05, 3.63) is 11.4 Å². The van der Waals surface area contributed by atoms with Gasteiger partial charge >= 0.3 is 5.97 Å². The number of carbonyl (C=O) groups is 1. The van der Waals surface area contributed by atoms with Crippen LogP contribution in [0.1, 0.15) is 43.9 Å². The molecule has 0 amide bonds. The van der Waals surface area contributed by atoms with Gasteiger partial charge in [0.15, 0.2) is 5.69 Å². The van der Waals surface area contributed by atoms with Crippen molar-refractivity contribution in [2.24, 2.45) is 0 Å². The van der Waals surface area contributed by atoms with E-state index in [1.54, 1.807) is 16.4 Å². The lowest BCUT2D eigenvalue weighted by Gasteiger charge is -2.20. The van der Waals surface area contributed by atoms with Crippen LogP contribution in [-0.4, -0.2) is 37.6 Å². The molecular weight excluding hydrogens is 238 g/mol. The Labute approximate surface area is 106 Å². The van der Waals surface area contributed by atoms with Crippen molar-refractivity contribution >= 4 is 17.7 Å². The number of hydrogen-bond acceptors (Lipinski definition) is 4. The predicted octanol–water partition coefficient (Wildman–Crippen LogP) is 2.03. The minimum Gasteiger partial charge on any atom is -0.476 e. The molecule has 0 saturated heterocycles. The number of thioether (sulfide) groups is 1. The van der Waals surface area contributed by atoms with Crippen LogP contribution in [0, 0.1) is 0 Å². The van der Waals surface area contributed by atoms with Crippen LogP contribution in [-0.2, 0) is 12.0 Å². The molecule has 0 aliphatic rings. The van der Waals surface area contributed by atoms with Crippen molar-refractivity contribution in [2.45, 2.75) is 39.7 Å². The number of carboxylic acid groups (broad SMARTS) is 1. The summed E-state index contributed by atoms with van der Waals surface area (Å²) in [6.07, 6.45) is 0. The van der Waals surface area contributed by atoms with Gasteiger partial charge in [0.2, 0.25) is 0 Å². The number of aromatic carboxylic acids is 1. The minimum absolute atomic E-state index is 0.0685. The van der Waals surface area contributed by atoms with Gasteiger partial charge in [0, 0.05) is 11.2 Å². The molecule has 0 unspecified atom stereocenters. The first-order chi connectivity index (χ1) is 7.88. The third-order valence-electron chi connectivity index (χ3n) is 2.30. The second kappa shape index (κ2) is 5.53. The Morgan fingerprint density at radius 3 is 2.59 bits per heavy atom. The van der Waals surface area contributed by atoms with Crippen molar-refractivity contribution in [2.75, 3.05) is 11.5 Å². The third kappa shape index (κ3) is 3.46. The Morgan fingerprint density at radius 1 is 1.47 bits per heavy atom. The van der Waals surface area contributed by atoms with E-state index in [0.29, 0.717) is 12.2 Å². The van der Waals surface area contributed by atoms with Crippen LogP contribution in [0.5, 0.6) is 0 Å². The highest BCUT2D eigenvalue weighted by Gasteiger charge is 2.28. The molecule has 6 heteroatoms. The van der Waals surface area contributed by atoms with Gasteiger partial charge in [0.05, 0.1) is 12.2 Å². The van der Waals surface area contributed by atoms with Crippen LogP contribution >= 0.6 is 11.8 Å². The summed E-state index contributed by atoms with van der Waals surface area (Å²) in [4.78, 5) is 11.1. The number of aromatic nitrogens is 3. The fourth-order valence-electron chi connectivity index (χ4n) is 1.65. The molecule has 0 bridgehead atoms. The molecule has 17 heavy (non-hydrogen) atoms. The maximum absolute atomic E-state index is 11.1. The van der Waals surface area contributed by atoms with Crippen LogP contribution in [0.4, 0.5) is 0 Å². The summed E-state index contributed by atoms with van der Waals surface area (Å²) in [5.41, 5.74) is 0.495. The molecule has 5 nitrogen and oxygen atoms in total. The molecule has 0 spiro atoms. The van der Waals surface area contributed by atoms with Crippen LogP contribution in [0.3, 0.4) is 0 Å². The van der Waals surface area contributed by atoms with Crippen molar-refractivity contribution in [1.82, 2.24) is 15.0 Å². The Kier molecular flexibility index (Phi) is 4.56. The van der Waals surface area contributed by atoms with E-state index in [-0.39, 0.29) is 11.1 Å². The molecule has 0 aromatic carbocycles. The predicted molar refractivity (Wildman–Crippen MR) is 68.7 cm³/mol. The van der Waals surface area contributed by atoms with E-state index >= 15 is 0 Å². The zero-order valence-electron chi connectivity index (χ0n) is 10.7. The summed E-state index contributed by atoms with van der Waals surface area (Å²) in [6.45, 7) is 8.72. The van der Waals surface area contributed by atoms with Crippen LogP contribution < -0.4 is 0 Å². The molecule has 0 aliphatic carbocycles. The molecule has 1 N–H and O–H groups in total. The van der Waals surface area contributed by atoms with Crippen LogP contribution in [0.2, 0.25) is 0 Å². The number of nitrogens with zero attached hydrogens (tertiary/aromatic N) is 3. The lowest BCUT2D eigenvalue weighted by Crippen LogP contribution is -2.22. The van der Waals surface area contributed by atoms with E-state index in [0.717, 1.165) is 11.5 Å². The fraction of sp³-hybridized carbons (Fsp3) is 0.727. The van der Waals surface area contributed by atoms with E-state index in [2.05, 4.69) is 17.2 Å². The first kappa shape index (κ1) is 14.0. The Bertz CT molecular complexity index is 396. The molecule has 0 aliphatic heterocycles. The van der Waals surface area contributed by atoms with E-state index in [1.807, 2.05) is 20.8 Å². The monoisotopic (exact) mass is 257 g/mol. The number of rotatable bonds is 5. The summed E-state index contributed by atoms with van der Waals surface area (Å²) >= 11 is 1.80. The first-order valence-electron chi connectivity index (χ1n) is 5.63. The molecular formula is C11H19N3O2S. The summed E-state index contributed by atoms with van der Waals surface area (Å²) in [5, 5.41) is 16.8. The molecule has 0 radical (unpaired) electrons. The van der Waals surface area contributed by atoms with Gasteiger partial charge in [-0.1, -0.05) is 32.9 Å². The SMILES string of the molecule is CCSCCn1nnc(C(=O)O)c1C(C)(C)C. The molecule has 1 rings (SSSR count). The Morgan fingerprint density at radius 2 is 2.12 bits per heavy atom. The topological polar surface area (TPSA) is 68.0 Å². The lowest BCUT2D eigenvalue weighted by molar-refractivity contribution is 0.0687. The standard InChI is InChI=1S/C11H19N3O2S/c1-5-17-7-6-14-9(11(2,3)4)8(10(15)16)12-13-14/h5-7H2,1-4H3,(H,15,16). The minimum atomic E-state index is -1.01. The van der Waals surface area contributed by atoms with Gasteiger partial charge in [-0.15, -0.1) is 5.10 Å². The fourth-order valence-corrected chi connectivity index (χ4v) is 2.24. The Hall–Kier alpha value is -1.04. The summed E-state index contributed by atoms with van der Waals surface area (Å²) in [6, 6.07) is 0. The summed E-state index contributed by atoms with van der Waals surface area (Å²) < 4.78 is 1.71. The number of hydrogen-bond donors (Lipinski definition) is 1. The van der Waals surface area contributed by atoms with Crippen molar-refractivity contribution < 1.29 is 9.90 Å². The Balaban J connectivity index is 3.01. The van der Waals surface area contributed by atoms with Gasteiger partial charge in [0.1, 0.15) is 0 Å². The maximum atomic E-state index is 11.1. The maximum Gasteiger partial charge on any atom is 0.358 e. The van der Waals surface area contributed by atoms with Crippen molar-refractivity contribution in [3.8, 4) is 0 Å². The summed E-state index contributed by atoms with van der Waals surface area (Å²) in [5.74, 6) is 0.956. The van der Waals surface area contributed by atoms with Gasteiger partial charge in [0.25, 0.3) is 0 Å². The van der Waals surface area contributed by atoms with E-state index in [1.165, 1.54) is 0 Å².